The first-order valence-corrected chi connectivity index (χ1v) is 8.85. The third-order valence-electron chi connectivity index (χ3n) is 4.63. The van der Waals surface area contributed by atoms with Crippen LogP contribution in [0.5, 0.6) is 0 Å². The van der Waals surface area contributed by atoms with E-state index in [0.29, 0.717) is 6.54 Å². The van der Waals surface area contributed by atoms with Crippen molar-refractivity contribution in [2.75, 3.05) is 26.2 Å². The third-order valence-corrected chi connectivity index (χ3v) is 4.63. The molecule has 134 valence electrons. The summed E-state index contributed by atoms with van der Waals surface area (Å²) in [5.74, 6) is 0.149. The average molecular weight is 335 g/mol. The zero-order valence-electron chi connectivity index (χ0n) is 14.7. The van der Waals surface area contributed by atoms with Crippen LogP contribution in [0.25, 0.3) is 0 Å². The second-order valence-corrected chi connectivity index (χ2v) is 6.91. The van der Waals surface area contributed by atoms with Crippen molar-refractivity contribution in [3.8, 4) is 0 Å². The van der Waals surface area contributed by atoms with E-state index < -0.39 is 0 Å². The number of rotatable bonds is 8. The second-order valence-electron chi connectivity index (χ2n) is 6.91. The molecule has 1 saturated heterocycles. The Balaban J connectivity index is 1.74. The summed E-state index contributed by atoms with van der Waals surface area (Å²) in [4.78, 5) is 13.3. The van der Waals surface area contributed by atoms with Crippen molar-refractivity contribution in [2.24, 2.45) is 0 Å². The Morgan fingerprint density at radius 3 is 2.71 bits per heavy atom. The number of nitrogens with zero attached hydrogens (tertiary/aromatic N) is 2. The number of nitrogens with one attached hydrogen (secondary N) is 1. The van der Waals surface area contributed by atoms with Crippen LogP contribution in [0.1, 0.15) is 50.2 Å². The van der Waals surface area contributed by atoms with Crippen molar-refractivity contribution in [3.63, 3.8) is 0 Å². The van der Waals surface area contributed by atoms with Crippen LogP contribution in [0, 0.1) is 10.1 Å². The number of nitro benzene ring substituents is 1. The van der Waals surface area contributed by atoms with E-state index in [4.69, 9.17) is 0 Å². The Bertz CT molecular complexity index is 540. The molecule has 0 saturated carbocycles. The summed E-state index contributed by atoms with van der Waals surface area (Å²) in [5.41, 5.74) is 1.96. The normalized spacial score (nSPS) is 16.7. The molecule has 0 radical (unpaired) electrons. The fourth-order valence-corrected chi connectivity index (χ4v) is 3.15. The first-order chi connectivity index (χ1) is 11.5. The van der Waals surface area contributed by atoms with E-state index >= 15 is 0 Å². The molecule has 0 aromatic heterocycles. The fraction of sp³-hybridized carbons (Fsp3) is 0.667. The van der Waals surface area contributed by atoms with Crippen LogP contribution in [0.15, 0.2) is 18.2 Å². The number of piperidine rings is 1. The van der Waals surface area contributed by atoms with E-state index in [1.807, 2.05) is 26.0 Å². The van der Waals surface area contributed by atoms with Crippen LogP contribution in [0.2, 0.25) is 0 Å². The fourth-order valence-electron chi connectivity index (χ4n) is 3.15. The summed E-state index contributed by atoms with van der Waals surface area (Å²) >= 11 is 0. The summed E-state index contributed by atoms with van der Waals surface area (Å²) in [6, 6.07) is 5.54. The van der Waals surface area contributed by atoms with Crippen LogP contribution >= 0.6 is 0 Å². The number of aliphatic hydroxyl groups is 1. The molecule has 6 heteroatoms. The van der Waals surface area contributed by atoms with E-state index in [9.17, 15) is 15.2 Å². The molecule has 1 aliphatic rings. The molecule has 0 unspecified atom stereocenters. The first-order valence-electron chi connectivity index (χ1n) is 8.85. The third kappa shape index (κ3) is 5.54. The highest BCUT2D eigenvalue weighted by Crippen LogP contribution is 2.27. The maximum Gasteiger partial charge on any atom is 0.273 e. The molecule has 2 N–H and O–H groups in total. The molecular weight excluding hydrogens is 306 g/mol. The molecule has 6 nitrogen and oxygen atoms in total. The number of benzene rings is 1. The van der Waals surface area contributed by atoms with Gasteiger partial charge in [0.25, 0.3) is 5.69 Å². The van der Waals surface area contributed by atoms with E-state index in [1.165, 1.54) is 0 Å². The molecule has 2 rings (SSSR count). The van der Waals surface area contributed by atoms with Crippen molar-refractivity contribution in [1.82, 2.24) is 10.2 Å². The van der Waals surface area contributed by atoms with Gasteiger partial charge in [0, 0.05) is 31.3 Å². The minimum atomic E-state index is -0.288. The highest BCUT2D eigenvalue weighted by molar-refractivity contribution is 5.45. The van der Waals surface area contributed by atoms with Gasteiger partial charge in [-0.3, -0.25) is 10.1 Å². The highest BCUT2D eigenvalue weighted by Gasteiger charge is 2.17. The number of hydrogen-bond donors (Lipinski definition) is 2. The quantitative estimate of drug-likeness (QED) is 0.434. The van der Waals surface area contributed by atoms with Gasteiger partial charge in [-0.15, -0.1) is 0 Å². The number of hydrogen-bond acceptors (Lipinski definition) is 5. The van der Waals surface area contributed by atoms with Gasteiger partial charge in [-0.1, -0.05) is 26.0 Å². The molecule has 0 spiro atoms. The molecule has 0 bridgehead atoms. The molecule has 1 fully saturated rings. The van der Waals surface area contributed by atoms with Gasteiger partial charge in [0.2, 0.25) is 0 Å². The zero-order valence-corrected chi connectivity index (χ0v) is 14.7. The molecule has 24 heavy (non-hydrogen) atoms. The van der Waals surface area contributed by atoms with Gasteiger partial charge in [0.05, 0.1) is 11.0 Å². The Kier molecular flexibility index (Phi) is 7.15. The van der Waals surface area contributed by atoms with E-state index in [1.54, 1.807) is 6.07 Å². The molecule has 0 aliphatic carbocycles. The summed E-state index contributed by atoms with van der Waals surface area (Å²) < 4.78 is 0. The van der Waals surface area contributed by atoms with E-state index in [0.717, 1.165) is 56.6 Å². The summed E-state index contributed by atoms with van der Waals surface area (Å²) in [7, 11) is 0. The van der Waals surface area contributed by atoms with Gasteiger partial charge in [-0.05, 0) is 43.8 Å². The number of aliphatic hydroxyl groups excluding tert-OH is 1. The SMILES string of the molecule is CC(C)c1ccc(CNCCCN2CCC(O)CC2)cc1[N+](=O)[O-]. The predicted molar refractivity (Wildman–Crippen MR) is 95.2 cm³/mol. The molecule has 1 aliphatic heterocycles. The topological polar surface area (TPSA) is 78.6 Å². The predicted octanol–water partition coefficient (Wildman–Crippen LogP) is 2.65. The molecule has 0 amide bonds. The lowest BCUT2D eigenvalue weighted by Crippen LogP contribution is -2.37. The van der Waals surface area contributed by atoms with Crippen LogP contribution in [0.3, 0.4) is 0 Å². The summed E-state index contributed by atoms with van der Waals surface area (Å²) in [6.07, 6.45) is 2.67. The molecular formula is C18H29N3O3. The number of nitro groups is 1. The largest absolute Gasteiger partial charge is 0.393 e. The van der Waals surface area contributed by atoms with Crippen molar-refractivity contribution >= 4 is 5.69 Å². The van der Waals surface area contributed by atoms with E-state index in [-0.39, 0.29) is 22.6 Å². The lowest BCUT2D eigenvalue weighted by Gasteiger charge is -2.29. The molecule has 1 aromatic rings. The van der Waals surface area contributed by atoms with Gasteiger partial charge >= 0.3 is 0 Å². The van der Waals surface area contributed by atoms with Crippen molar-refractivity contribution in [3.05, 3.63) is 39.4 Å². The van der Waals surface area contributed by atoms with Gasteiger partial charge in [-0.2, -0.15) is 0 Å². The molecule has 1 heterocycles. The van der Waals surface area contributed by atoms with Crippen molar-refractivity contribution < 1.29 is 10.0 Å². The van der Waals surface area contributed by atoms with Crippen LogP contribution in [-0.2, 0) is 6.54 Å². The first kappa shape index (κ1) is 18.8. The Hall–Kier alpha value is -1.50. The standard InChI is InChI=1S/C18H29N3O3/c1-14(2)17-5-4-15(12-18(17)21(23)24)13-19-8-3-9-20-10-6-16(22)7-11-20/h4-5,12,14,16,19,22H,3,6-11,13H2,1-2H3. The van der Waals surface area contributed by atoms with Crippen LogP contribution in [-0.4, -0.2) is 47.2 Å². The van der Waals surface area contributed by atoms with Gasteiger partial charge < -0.3 is 15.3 Å². The second kappa shape index (κ2) is 9.11. The monoisotopic (exact) mass is 335 g/mol. The Morgan fingerprint density at radius 1 is 1.38 bits per heavy atom. The van der Waals surface area contributed by atoms with Gasteiger partial charge in [-0.25, -0.2) is 0 Å². The van der Waals surface area contributed by atoms with Crippen LogP contribution in [0.4, 0.5) is 5.69 Å². The van der Waals surface area contributed by atoms with Crippen molar-refractivity contribution in [2.45, 2.75) is 51.7 Å². The maximum absolute atomic E-state index is 11.2. The lowest BCUT2D eigenvalue weighted by molar-refractivity contribution is -0.385. The summed E-state index contributed by atoms with van der Waals surface area (Å²) in [6.45, 7) is 8.47. The van der Waals surface area contributed by atoms with Crippen LogP contribution < -0.4 is 5.32 Å². The minimum Gasteiger partial charge on any atom is -0.393 e. The highest BCUT2D eigenvalue weighted by atomic mass is 16.6. The Labute approximate surface area is 144 Å². The number of likely N-dealkylation sites (tertiary alicyclic amines) is 1. The van der Waals surface area contributed by atoms with Gasteiger partial charge in [0.15, 0.2) is 0 Å². The minimum absolute atomic E-state index is 0.121. The summed E-state index contributed by atoms with van der Waals surface area (Å²) in [5, 5.41) is 24.1. The van der Waals surface area contributed by atoms with E-state index in [2.05, 4.69) is 10.2 Å². The molecule has 0 atom stereocenters. The lowest BCUT2D eigenvalue weighted by atomic mass is 9.99. The smallest absolute Gasteiger partial charge is 0.273 e. The van der Waals surface area contributed by atoms with Gasteiger partial charge in [0.1, 0.15) is 0 Å². The van der Waals surface area contributed by atoms with Crippen molar-refractivity contribution in [1.29, 1.82) is 0 Å². The maximum atomic E-state index is 11.2. The molecule has 1 aromatic carbocycles. The average Bonchev–Trinajstić information content (AvgIpc) is 2.56. The Morgan fingerprint density at radius 2 is 2.08 bits per heavy atom. The zero-order chi connectivity index (χ0) is 17.5.